The topological polar surface area (TPSA) is 68.3 Å². The van der Waals surface area contributed by atoms with Crippen molar-refractivity contribution in [2.45, 2.75) is 40.7 Å². The maximum atomic E-state index is 12.5. The zero-order valence-electron chi connectivity index (χ0n) is 13.4. The van der Waals surface area contributed by atoms with Crippen LogP contribution >= 0.6 is 0 Å². The van der Waals surface area contributed by atoms with E-state index in [-0.39, 0.29) is 11.7 Å². The van der Waals surface area contributed by atoms with Crippen molar-refractivity contribution in [1.82, 2.24) is 9.47 Å². The summed E-state index contributed by atoms with van der Waals surface area (Å²) in [6.07, 6.45) is 0.726. The van der Waals surface area contributed by atoms with E-state index in [2.05, 4.69) is 11.5 Å². The maximum Gasteiger partial charge on any atom is 0.224 e. The molecule has 2 N–H and O–H groups in total. The summed E-state index contributed by atoms with van der Waals surface area (Å²) in [5.41, 5.74) is 7.88. The average Bonchev–Trinajstić information content (AvgIpc) is 2.91. The van der Waals surface area contributed by atoms with Gasteiger partial charge in [-0.1, -0.05) is 0 Å². The van der Waals surface area contributed by atoms with Crippen LogP contribution in [0.5, 0.6) is 0 Å². The number of carbonyl (C=O) groups excluding carboxylic acids is 2. The van der Waals surface area contributed by atoms with E-state index < -0.39 is 5.41 Å². The molecule has 1 fully saturated rings. The molecule has 116 valence electrons. The number of hydrogen-bond donors (Lipinski definition) is 1. The van der Waals surface area contributed by atoms with Crippen LogP contribution in [0.4, 0.5) is 0 Å². The number of Topliss-reactive ketones (excluding diaryl/α,β-unsaturated/α-hetero) is 1. The summed E-state index contributed by atoms with van der Waals surface area (Å²) >= 11 is 0. The van der Waals surface area contributed by atoms with Crippen LogP contribution in [-0.4, -0.2) is 40.8 Å². The minimum Gasteiger partial charge on any atom is -0.369 e. The smallest absolute Gasteiger partial charge is 0.224 e. The minimum absolute atomic E-state index is 0.122. The molecule has 0 aromatic carbocycles. The SMILES string of the molecule is CCn1c(C)cc(C(=O)CN2CCC(C)(C(N)=O)C2)c1C. The summed E-state index contributed by atoms with van der Waals surface area (Å²) in [6, 6.07) is 1.96. The van der Waals surface area contributed by atoms with Crippen LogP contribution in [-0.2, 0) is 11.3 Å². The lowest BCUT2D eigenvalue weighted by Gasteiger charge is -2.20. The van der Waals surface area contributed by atoms with Crippen molar-refractivity contribution < 1.29 is 9.59 Å². The molecule has 0 aliphatic carbocycles. The van der Waals surface area contributed by atoms with Crippen LogP contribution in [0.2, 0.25) is 0 Å². The molecule has 1 saturated heterocycles. The van der Waals surface area contributed by atoms with Gasteiger partial charge in [-0.25, -0.2) is 0 Å². The van der Waals surface area contributed by atoms with Crippen molar-refractivity contribution in [2.24, 2.45) is 11.1 Å². The number of aryl methyl sites for hydroxylation is 1. The first-order chi connectivity index (χ1) is 9.78. The molecule has 0 saturated carbocycles. The Kier molecular flexibility index (Phi) is 4.23. The molecule has 1 aromatic heterocycles. The molecule has 1 unspecified atom stereocenters. The fourth-order valence-electron chi connectivity index (χ4n) is 3.25. The van der Waals surface area contributed by atoms with Gasteiger partial charge >= 0.3 is 0 Å². The van der Waals surface area contributed by atoms with E-state index in [0.717, 1.165) is 36.5 Å². The van der Waals surface area contributed by atoms with Gasteiger partial charge in [-0.05, 0) is 46.7 Å². The van der Waals surface area contributed by atoms with E-state index in [9.17, 15) is 9.59 Å². The summed E-state index contributed by atoms with van der Waals surface area (Å²) in [5, 5.41) is 0. The van der Waals surface area contributed by atoms with Crippen molar-refractivity contribution >= 4 is 11.7 Å². The fourth-order valence-corrected chi connectivity index (χ4v) is 3.25. The number of ketones is 1. The molecule has 0 bridgehead atoms. The first-order valence-corrected chi connectivity index (χ1v) is 7.50. The van der Waals surface area contributed by atoms with Gasteiger partial charge < -0.3 is 10.3 Å². The highest BCUT2D eigenvalue weighted by atomic mass is 16.1. The third kappa shape index (κ3) is 2.88. The van der Waals surface area contributed by atoms with Gasteiger partial charge in [0, 0.05) is 30.0 Å². The van der Waals surface area contributed by atoms with Crippen molar-refractivity contribution in [2.75, 3.05) is 19.6 Å². The number of nitrogens with two attached hydrogens (primary N) is 1. The van der Waals surface area contributed by atoms with E-state index in [1.54, 1.807) is 0 Å². The molecular formula is C16H25N3O2. The van der Waals surface area contributed by atoms with E-state index >= 15 is 0 Å². The summed E-state index contributed by atoms with van der Waals surface area (Å²) < 4.78 is 2.14. The Hall–Kier alpha value is -1.62. The van der Waals surface area contributed by atoms with Crippen molar-refractivity contribution in [3.05, 3.63) is 23.0 Å². The highest BCUT2D eigenvalue weighted by Crippen LogP contribution is 2.29. The largest absolute Gasteiger partial charge is 0.369 e. The quantitative estimate of drug-likeness (QED) is 0.836. The summed E-state index contributed by atoms with van der Waals surface area (Å²) in [7, 11) is 0. The molecule has 5 heteroatoms. The Morgan fingerprint density at radius 3 is 2.52 bits per heavy atom. The first-order valence-electron chi connectivity index (χ1n) is 7.50. The normalized spacial score (nSPS) is 22.7. The van der Waals surface area contributed by atoms with Crippen molar-refractivity contribution in [1.29, 1.82) is 0 Å². The third-order valence-corrected chi connectivity index (χ3v) is 4.70. The molecule has 0 spiro atoms. The Morgan fingerprint density at radius 1 is 1.38 bits per heavy atom. The second-order valence-corrected chi connectivity index (χ2v) is 6.34. The monoisotopic (exact) mass is 291 g/mol. The molecule has 1 amide bonds. The lowest BCUT2D eigenvalue weighted by molar-refractivity contribution is -0.126. The number of likely N-dealkylation sites (tertiary alicyclic amines) is 1. The molecule has 0 radical (unpaired) electrons. The highest BCUT2D eigenvalue weighted by Gasteiger charge is 2.39. The van der Waals surface area contributed by atoms with Crippen LogP contribution in [0, 0.1) is 19.3 Å². The molecule has 1 aromatic rings. The van der Waals surface area contributed by atoms with Crippen LogP contribution in [0.25, 0.3) is 0 Å². The van der Waals surface area contributed by atoms with Gasteiger partial charge in [-0.3, -0.25) is 14.5 Å². The number of primary amides is 1. The van der Waals surface area contributed by atoms with Crippen LogP contribution < -0.4 is 5.73 Å². The molecule has 1 aliphatic rings. The lowest BCUT2D eigenvalue weighted by atomic mass is 9.89. The van der Waals surface area contributed by atoms with Crippen LogP contribution in [0.3, 0.4) is 0 Å². The van der Waals surface area contributed by atoms with Gasteiger partial charge in [0.15, 0.2) is 5.78 Å². The molecule has 1 aliphatic heterocycles. The summed E-state index contributed by atoms with van der Waals surface area (Å²) in [5.74, 6) is -0.155. The Bertz CT molecular complexity index is 576. The zero-order valence-corrected chi connectivity index (χ0v) is 13.4. The Morgan fingerprint density at radius 2 is 2.05 bits per heavy atom. The van der Waals surface area contributed by atoms with Crippen LogP contribution in [0.1, 0.15) is 42.0 Å². The number of carbonyl (C=O) groups is 2. The summed E-state index contributed by atoms with van der Waals surface area (Å²) in [6.45, 7) is 10.5. The average molecular weight is 291 g/mol. The lowest BCUT2D eigenvalue weighted by Crippen LogP contribution is -2.38. The minimum atomic E-state index is -0.499. The van der Waals surface area contributed by atoms with Crippen molar-refractivity contribution in [3.63, 3.8) is 0 Å². The van der Waals surface area contributed by atoms with Gasteiger partial charge in [0.25, 0.3) is 0 Å². The van der Waals surface area contributed by atoms with E-state index in [1.165, 1.54) is 0 Å². The van der Waals surface area contributed by atoms with Gasteiger partial charge in [0.2, 0.25) is 5.91 Å². The van der Waals surface area contributed by atoms with Crippen molar-refractivity contribution in [3.8, 4) is 0 Å². The number of nitrogens with zero attached hydrogens (tertiary/aromatic N) is 2. The molecule has 2 rings (SSSR count). The first kappa shape index (κ1) is 15.8. The second-order valence-electron chi connectivity index (χ2n) is 6.34. The third-order valence-electron chi connectivity index (χ3n) is 4.70. The number of amides is 1. The zero-order chi connectivity index (χ0) is 15.8. The standard InChI is InChI=1S/C16H25N3O2/c1-5-19-11(2)8-13(12(19)3)14(20)9-18-7-6-16(4,10-18)15(17)21/h8H,5-7,9-10H2,1-4H3,(H2,17,21). The van der Waals surface area contributed by atoms with Crippen LogP contribution in [0.15, 0.2) is 6.07 Å². The number of aromatic nitrogens is 1. The van der Waals surface area contributed by atoms with Gasteiger partial charge in [-0.2, -0.15) is 0 Å². The van der Waals surface area contributed by atoms with E-state index in [1.807, 2.05) is 31.7 Å². The predicted molar refractivity (Wildman–Crippen MR) is 82.3 cm³/mol. The fraction of sp³-hybridized carbons (Fsp3) is 0.625. The maximum absolute atomic E-state index is 12.5. The summed E-state index contributed by atoms with van der Waals surface area (Å²) in [4.78, 5) is 26.0. The molecule has 21 heavy (non-hydrogen) atoms. The molecule has 5 nitrogen and oxygen atoms in total. The molecule has 2 heterocycles. The van der Waals surface area contributed by atoms with Gasteiger partial charge in [0.05, 0.1) is 12.0 Å². The Balaban J connectivity index is 2.08. The molecular weight excluding hydrogens is 266 g/mol. The predicted octanol–water partition coefficient (Wildman–Crippen LogP) is 1.50. The second kappa shape index (κ2) is 5.64. The highest BCUT2D eigenvalue weighted by molar-refractivity contribution is 5.99. The number of hydrogen-bond acceptors (Lipinski definition) is 3. The Labute approximate surface area is 126 Å². The molecule has 1 atom stereocenters. The number of rotatable bonds is 5. The van der Waals surface area contributed by atoms with E-state index in [4.69, 9.17) is 5.73 Å². The van der Waals surface area contributed by atoms with Gasteiger partial charge in [-0.15, -0.1) is 0 Å². The van der Waals surface area contributed by atoms with E-state index in [0.29, 0.717) is 13.1 Å². The van der Waals surface area contributed by atoms with Gasteiger partial charge in [0.1, 0.15) is 0 Å².